The van der Waals surface area contributed by atoms with E-state index in [1.807, 2.05) is 6.07 Å². The van der Waals surface area contributed by atoms with Gasteiger partial charge in [0.25, 0.3) is 5.91 Å². The molecule has 2 heterocycles. The highest BCUT2D eigenvalue weighted by atomic mass is 35.5. The third-order valence-corrected chi connectivity index (χ3v) is 5.12. The van der Waals surface area contributed by atoms with Gasteiger partial charge in [0, 0.05) is 21.9 Å². The van der Waals surface area contributed by atoms with Crippen LogP contribution in [-0.4, -0.2) is 29.1 Å². The molecule has 1 aromatic heterocycles. The Morgan fingerprint density at radius 1 is 1.36 bits per heavy atom. The van der Waals surface area contributed by atoms with Gasteiger partial charge in [0.1, 0.15) is 11.5 Å². The second kappa shape index (κ2) is 7.84. The minimum atomic E-state index is -0.483. The lowest BCUT2D eigenvalue weighted by Crippen LogP contribution is -2.39. The van der Waals surface area contributed by atoms with Gasteiger partial charge in [0.2, 0.25) is 5.91 Å². The summed E-state index contributed by atoms with van der Waals surface area (Å²) in [5.74, 6) is -0.384. The molecule has 0 saturated carbocycles. The van der Waals surface area contributed by atoms with E-state index in [1.165, 1.54) is 30.1 Å². The van der Waals surface area contributed by atoms with Crippen LogP contribution in [0.25, 0.3) is 0 Å². The van der Waals surface area contributed by atoms with E-state index in [9.17, 15) is 14.0 Å². The molecule has 0 fully saturated rings. The monoisotopic (exact) mass is 379 g/mol. The number of pyridine rings is 1. The zero-order valence-electron chi connectivity index (χ0n) is 13.1. The number of rotatable bonds is 4. The number of nitrogens with zero attached hydrogens (tertiary/aromatic N) is 1. The van der Waals surface area contributed by atoms with Gasteiger partial charge < -0.3 is 10.6 Å². The van der Waals surface area contributed by atoms with E-state index in [4.69, 9.17) is 11.6 Å². The molecule has 2 aromatic rings. The summed E-state index contributed by atoms with van der Waals surface area (Å²) in [6.45, 7) is -0.193. The summed E-state index contributed by atoms with van der Waals surface area (Å²) in [4.78, 5) is 28.6. The van der Waals surface area contributed by atoms with E-state index < -0.39 is 5.91 Å². The van der Waals surface area contributed by atoms with Crippen LogP contribution in [-0.2, 0) is 4.79 Å². The molecule has 1 aliphatic heterocycles. The zero-order valence-corrected chi connectivity index (χ0v) is 14.7. The van der Waals surface area contributed by atoms with Gasteiger partial charge in [-0.3, -0.25) is 14.6 Å². The molecule has 1 aromatic carbocycles. The molecule has 0 aliphatic carbocycles. The topological polar surface area (TPSA) is 71.1 Å². The van der Waals surface area contributed by atoms with E-state index >= 15 is 0 Å². The smallest absolute Gasteiger partial charge is 0.270 e. The van der Waals surface area contributed by atoms with Crippen molar-refractivity contribution < 1.29 is 14.0 Å². The number of amides is 2. The number of nitrogens with one attached hydrogen (secondary N) is 2. The number of fused-ring (bicyclic) bond motifs is 1. The van der Waals surface area contributed by atoms with Crippen LogP contribution in [0.15, 0.2) is 41.4 Å². The molecule has 2 amide bonds. The first-order chi connectivity index (χ1) is 12.0. The lowest BCUT2D eigenvalue weighted by Gasteiger charge is -2.26. The van der Waals surface area contributed by atoms with E-state index in [0.29, 0.717) is 16.3 Å². The number of carbonyl (C=O) groups is 2. The molecular weight excluding hydrogens is 365 g/mol. The van der Waals surface area contributed by atoms with Gasteiger partial charge in [-0.25, -0.2) is 4.39 Å². The number of halogens is 2. The lowest BCUT2D eigenvalue weighted by atomic mass is 10.0. The molecular formula is C17H15ClFN3O2S. The van der Waals surface area contributed by atoms with Crippen LogP contribution in [0.3, 0.4) is 0 Å². The van der Waals surface area contributed by atoms with Crippen molar-refractivity contribution in [3.05, 3.63) is 58.6 Å². The summed E-state index contributed by atoms with van der Waals surface area (Å²) < 4.78 is 13.8. The predicted molar refractivity (Wildman–Crippen MR) is 94.2 cm³/mol. The van der Waals surface area contributed by atoms with Crippen molar-refractivity contribution in [3.8, 4) is 0 Å². The maximum Gasteiger partial charge on any atom is 0.270 e. The van der Waals surface area contributed by atoms with Crippen molar-refractivity contribution >= 4 is 35.2 Å². The maximum atomic E-state index is 13.8. The lowest BCUT2D eigenvalue weighted by molar-refractivity contribution is -0.120. The number of carbonyl (C=O) groups excluding carboxylic acids is 2. The Labute approximate surface area is 153 Å². The second-order valence-electron chi connectivity index (χ2n) is 5.46. The molecule has 2 N–H and O–H groups in total. The van der Waals surface area contributed by atoms with Crippen LogP contribution in [0.4, 0.5) is 4.39 Å². The van der Waals surface area contributed by atoms with Gasteiger partial charge in [0.15, 0.2) is 0 Å². The summed E-state index contributed by atoms with van der Waals surface area (Å²) >= 11 is 7.26. The van der Waals surface area contributed by atoms with Crippen molar-refractivity contribution in [1.82, 2.24) is 15.6 Å². The average Bonchev–Trinajstić information content (AvgIpc) is 2.60. The average molecular weight is 380 g/mol. The Hall–Kier alpha value is -2.12. The fraction of sp³-hybridized carbons (Fsp3) is 0.235. The number of hydrogen-bond acceptors (Lipinski definition) is 4. The van der Waals surface area contributed by atoms with Crippen molar-refractivity contribution in [1.29, 1.82) is 0 Å². The summed E-state index contributed by atoms with van der Waals surface area (Å²) in [5.41, 5.74) is 0.911. The molecule has 25 heavy (non-hydrogen) atoms. The quantitative estimate of drug-likeness (QED) is 0.856. The first-order valence-corrected chi connectivity index (χ1v) is 9.01. The van der Waals surface area contributed by atoms with Crippen molar-refractivity contribution in [3.63, 3.8) is 0 Å². The summed E-state index contributed by atoms with van der Waals surface area (Å²) in [6.07, 6.45) is 2.12. The van der Waals surface area contributed by atoms with Crippen LogP contribution >= 0.6 is 23.4 Å². The van der Waals surface area contributed by atoms with Crippen LogP contribution < -0.4 is 10.6 Å². The summed E-state index contributed by atoms with van der Waals surface area (Å²) in [7, 11) is 0. The van der Waals surface area contributed by atoms with E-state index in [1.54, 1.807) is 12.1 Å². The van der Waals surface area contributed by atoms with E-state index in [-0.39, 0.29) is 30.0 Å². The minimum absolute atomic E-state index is 0.141. The van der Waals surface area contributed by atoms with Gasteiger partial charge in [-0.1, -0.05) is 23.7 Å². The third-order valence-electron chi connectivity index (χ3n) is 3.73. The Kier molecular flexibility index (Phi) is 5.55. The molecule has 0 spiro atoms. The van der Waals surface area contributed by atoms with Crippen molar-refractivity contribution in [2.24, 2.45) is 0 Å². The Morgan fingerprint density at radius 3 is 3.00 bits per heavy atom. The number of aromatic nitrogens is 1. The Balaban J connectivity index is 1.59. The number of hydrogen-bond donors (Lipinski definition) is 2. The highest BCUT2D eigenvalue weighted by Gasteiger charge is 2.24. The van der Waals surface area contributed by atoms with Crippen LogP contribution in [0, 0.1) is 5.82 Å². The summed E-state index contributed by atoms with van der Waals surface area (Å²) in [5, 5.41) is 5.73. The van der Waals surface area contributed by atoms with Crippen LogP contribution in [0.2, 0.25) is 5.02 Å². The van der Waals surface area contributed by atoms with Gasteiger partial charge in [0.05, 0.1) is 12.6 Å². The van der Waals surface area contributed by atoms with Gasteiger partial charge in [-0.2, -0.15) is 0 Å². The van der Waals surface area contributed by atoms with E-state index in [2.05, 4.69) is 15.6 Å². The standard InChI is InChI=1S/C17H15ClFN3O2S/c18-10-4-6-20-14(8-10)17(24)21-9-15(23)22-13-5-7-25-16-11(13)2-1-3-12(16)19/h1-4,6,8,13H,5,7,9H2,(H,21,24)(H,22,23)/t13-/m0/s1. The highest BCUT2D eigenvalue weighted by molar-refractivity contribution is 7.99. The molecule has 0 saturated heterocycles. The maximum absolute atomic E-state index is 13.8. The molecule has 0 unspecified atom stereocenters. The first kappa shape index (κ1) is 17.7. The number of benzene rings is 1. The SMILES string of the molecule is O=C(CNC(=O)c1cc(Cl)ccn1)N[C@H]1CCSc2c(F)cccc21. The van der Waals surface area contributed by atoms with Crippen molar-refractivity contribution in [2.75, 3.05) is 12.3 Å². The molecule has 0 bridgehead atoms. The van der Waals surface area contributed by atoms with Gasteiger partial charge in [-0.15, -0.1) is 11.8 Å². The largest absolute Gasteiger partial charge is 0.348 e. The zero-order chi connectivity index (χ0) is 17.8. The Morgan fingerprint density at radius 2 is 2.20 bits per heavy atom. The first-order valence-electron chi connectivity index (χ1n) is 7.65. The second-order valence-corrected chi connectivity index (χ2v) is 7.00. The third kappa shape index (κ3) is 4.29. The number of thioether (sulfide) groups is 1. The molecule has 1 aliphatic rings. The highest BCUT2D eigenvalue weighted by Crippen LogP contribution is 2.37. The molecule has 0 radical (unpaired) electrons. The molecule has 5 nitrogen and oxygen atoms in total. The molecule has 1 atom stereocenters. The van der Waals surface area contributed by atoms with Crippen molar-refractivity contribution in [2.45, 2.75) is 17.4 Å². The van der Waals surface area contributed by atoms with Gasteiger partial charge >= 0.3 is 0 Å². The Bertz CT molecular complexity index is 818. The van der Waals surface area contributed by atoms with E-state index in [0.717, 1.165) is 11.3 Å². The summed E-state index contributed by atoms with van der Waals surface area (Å²) in [6, 6.07) is 7.57. The fourth-order valence-corrected chi connectivity index (χ4v) is 3.86. The fourth-order valence-electron chi connectivity index (χ4n) is 2.56. The molecule has 3 rings (SSSR count). The molecule has 8 heteroatoms. The van der Waals surface area contributed by atoms with Gasteiger partial charge in [-0.05, 0) is 30.2 Å². The molecule has 130 valence electrons. The normalized spacial score (nSPS) is 16.0. The van der Waals surface area contributed by atoms with Crippen LogP contribution in [0.1, 0.15) is 28.5 Å². The van der Waals surface area contributed by atoms with Crippen LogP contribution in [0.5, 0.6) is 0 Å². The predicted octanol–water partition coefficient (Wildman–Crippen LogP) is 2.96. The minimum Gasteiger partial charge on any atom is -0.348 e.